The van der Waals surface area contributed by atoms with Gasteiger partial charge in [-0.25, -0.2) is 0 Å². The van der Waals surface area contributed by atoms with E-state index in [1.54, 1.807) is 0 Å². The molecule has 0 nitrogen and oxygen atoms in total. The minimum absolute atomic E-state index is 0.722. The molecule has 0 aliphatic carbocycles. The Morgan fingerprint density at radius 2 is 0.708 bits per heavy atom. The first-order chi connectivity index (χ1) is 11.5. The normalized spacial score (nSPS) is 13.2. The van der Waals surface area contributed by atoms with Crippen LogP contribution in [0, 0.1) is 0 Å². The third-order valence-electron chi connectivity index (χ3n) is 4.11. The summed E-state index contributed by atoms with van der Waals surface area (Å²) in [5, 5.41) is -3.02. The zero-order chi connectivity index (χ0) is 16.9. The molecule has 3 aromatic rings. The van der Waals surface area contributed by atoms with Gasteiger partial charge in [-0.1, -0.05) is 0 Å². The molecule has 24 heavy (non-hydrogen) atoms. The van der Waals surface area contributed by atoms with Crippen molar-refractivity contribution in [3.63, 3.8) is 0 Å². The van der Waals surface area contributed by atoms with Crippen molar-refractivity contribution in [2.75, 3.05) is 0 Å². The van der Waals surface area contributed by atoms with Crippen LogP contribution >= 0.6 is 27.8 Å². The van der Waals surface area contributed by atoms with Crippen LogP contribution in [0.4, 0.5) is 0 Å². The first-order valence-corrected chi connectivity index (χ1v) is 12.7. The average molecular weight is 375 g/mol. The van der Waals surface area contributed by atoms with Crippen molar-refractivity contribution in [1.82, 2.24) is 0 Å². The predicted octanol–water partition coefficient (Wildman–Crippen LogP) is 7.45. The van der Waals surface area contributed by atoms with Crippen molar-refractivity contribution < 1.29 is 0 Å². The van der Waals surface area contributed by atoms with Crippen LogP contribution in [0.5, 0.6) is 0 Å². The molecule has 0 atom stereocenters. The van der Waals surface area contributed by atoms with E-state index < -0.39 is 5.31 Å². The van der Waals surface area contributed by atoms with Crippen LogP contribution in [0.1, 0.15) is 16.7 Å². The maximum atomic E-state index is 7.29. The standard InChI is InChI=1S/C21H21Cl2P/c22-24(23,16-19-10-4-1-5-11-19,17-20-12-6-2-7-13-20)18-21-14-8-3-9-15-21/h1-15H,16-18H2. The molecule has 124 valence electrons. The molecule has 0 spiro atoms. The van der Waals surface area contributed by atoms with Crippen molar-refractivity contribution >= 4 is 27.8 Å². The van der Waals surface area contributed by atoms with Gasteiger partial charge in [-0.3, -0.25) is 0 Å². The molecule has 0 saturated heterocycles. The number of hydrogen-bond acceptors (Lipinski definition) is 0. The fourth-order valence-electron chi connectivity index (χ4n) is 3.11. The molecule has 0 aromatic heterocycles. The Balaban J connectivity index is 1.95. The van der Waals surface area contributed by atoms with Gasteiger partial charge in [-0.05, 0) is 0 Å². The fraction of sp³-hybridized carbons (Fsp3) is 0.143. The van der Waals surface area contributed by atoms with E-state index in [2.05, 4.69) is 36.4 Å². The van der Waals surface area contributed by atoms with E-state index in [1.807, 2.05) is 54.6 Å². The third-order valence-corrected chi connectivity index (χ3v) is 9.41. The van der Waals surface area contributed by atoms with Crippen molar-refractivity contribution in [2.45, 2.75) is 18.5 Å². The summed E-state index contributed by atoms with van der Waals surface area (Å²) >= 11 is 14.6. The van der Waals surface area contributed by atoms with Crippen LogP contribution in [0.3, 0.4) is 0 Å². The second-order valence-corrected chi connectivity index (χ2v) is 16.1. The molecule has 0 amide bonds. The SMILES string of the molecule is ClP(Cl)(Cc1ccccc1)(Cc1ccccc1)Cc1ccccc1. The monoisotopic (exact) mass is 374 g/mol. The molecule has 3 rings (SSSR count). The summed E-state index contributed by atoms with van der Waals surface area (Å²) in [6.45, 7) is 0. The van der Waals surface area contributed by atoms with Crippen LogP contribution in [0.2, 0.25) is 0 Å². The van der Waals surface area contributed by atoms with E-state index >= 15 is 0 Å². The molecule has 0 N–H and O–H groups in total. The third kappa shape index (κ3) is 4.84. The van der Waals surface area contributed by atoms with E-state index in [1.165, 1.54) is 16.7 Å². The Morgan fingerprint density at radius 3 is 0.958 bits per heavy atom. The van der Waals surface area contributed by atoms with Crippen LogP contribution in [0.25, 0.3) is 0 Å². The molecular weight excluding hydrogens is 354 g/mol. The first kappa shape index (κ1) is 17.5. The van der Waals surface area contributed by atoms with Gasteiger partial charge in [0.1, 0.15) is 0 Å². The summed E-state index contributed by atoms with van der Waals surface area (Å²) in [5.41, 5.74) is 3.60. The quantitative estimate of drug-likeness (QED) is 0.393. The second-order valence-electron chi connectivity index (χ2n) is 6.38. The van der Waals surface area contributed by atoms with Crippen molar-refractivity contribution in [2.24, 2.45) is 0 Å². The maximum absolute atomic E-state index is 7.29. The predicted molar refractivity (Wildman–Crippen MR) is 109 cm³/mol. The Kier molecular flexibility index (Phi) is 5.30. The topological polar surface area (TPSA) is 0 Å². The van der Waals surface area contributed by atoms with Gasteiger partial charge in [0, 0.05) is 0 Å². The number of hydrogen-bond donors (Lipinski definition) is 0. The van der Waals surface area contributed by atoms with Crippen LogP contribution in [-0.2, 0) is 18.5 Å². The van der Waals surface area contributed by atoms with Crippen LogP contribution < -0.4 is 0 Å². The van der Waals surface area contributed by atoms with Crippen LogP contribution in [0.15, 0.2) is 91.0 Å². The van der Waals surface area contributed by atoms with E-state index in [0.717, 1.165) is 18.5 Å². The minimum atomic E-state index is -3.02. The molecule has 0 saturated carbocycles. The van der Waals surface area contributed by atoms with E-state index in [9.17, 15) is 0 Å². The molecular formula is C21H21Cl2P. The summed E-state index contributed by atoms with van der Waals surface area (Å²) in [5.74, 6) is 0. The number of benzene rings is 3. The molecule has 3 heteroatoms. The van der Waals surface area contributed by atoms with E-state index in [-0.39, 0.29) is 0 Å². The van der Waals surface area contributed by atoms with Gasteiger partial charge < -0.3 is 0 Å². The van der Waals surface area contributed by atoms with Gasteiger partial charge in [0.05, 0.1) is 0 Å². The van der Waals surface area contributed by atoms with Gasteiger partial charge in [0.15, 0.2) is 0 Å². The molecule has 0 radical (unpaired) electrons. The second kappa shape index (κ2) is 7.28. The van der Waals surface area contributed by atoms with Gasteiger partial charge in [0.25, 0.3) is 0 Å². The molecule has 3 aromatic carbocycles. The molecule has 0 aliphatic rings. The molecule has 0 unspecified atom stereocenters. The average Bonchev–Trinajstić information content (AvgIpc) is 2.56. The van der Waals surface area contributed by atoms with Gasteiger partial charge in [-0.2, -0.15) is 0 Å². The Labute approximate surface area is 154 Å². The summed E-state index contributed by atoms with van der Waals surface area (Å²) in [6, 6.07) is 31.0. The van der Waals surface area contributed by atoms with Gasteiger partial charge >= 0.3 is 154 Å². The van der Waals surface area contributed by atoms with Gasteiger partial charge in [-0.15, -0.1) is 0 Å². The van der Waals surface area contributed by atoms with Crippen molar-refractivity contribution in [1.29, 1.82) is 0 Å². The fourth-order valence-corrected chi connectivity index (χ4v) is 8.94. The summed E-state index contributed by atoms with van der Waals surface area (Å²) in [6.07, 6.45) is 2.16. The summed E-state index contributed by atoms with van der Waals surface area (Å²) in [4.78, 5) is 0. The first-order valence-electron chi connectivity index (χ1n) is 8.08. The number of rotatable bonds is 6. The van der Waals surface area contributed by atoms with Crippen molar-refractivity contribution in [3.8, 4) is 0 Å². The number of halogens is 2. The molecule has 0 fully saturated rings. The van der Waals surface area contributed by atoms with Crippen molar-refractivity contribution in [3.05, 3.63) is 108 Å². The zero-order valence-electron chi connectivity index (χ0n) is 13.5. The molecule has 0 heterocycles. The summed E-state index contributed by atoms with van der Waals surface area (Å²) < 4.78 is 0. The Bertz CT molecular complexity index is 663. The Hall–Kier alpha value is -1.33. The Morgan fingerprint density at radius 1 is 0.458 bits per heavy atom. The molecule has 0 aliphatic heterocycles. The molecule has 0 bridgehead atoms. The summed E-state index contributed by atoms with van der Waals surface area (Å²) in [7, 11) is 0. The van der Waals surface area contributed by atoms with Crippen LogP contribution in [-0.4, -0.2) is 0 Å². The van der Waals surface area contributed by atoms with Gasteiger partial charge in [0.2, 0.25) is 0 Å². The van der Waals surface area contributed by atoms with E-state index in [4.69, 9.17) is 22.5 Å². The van der Waals surface area contributed by atoms with E-state index in [0.29, 0.717) is 0 Å². The zero-order valence-corrected chi connectivity index (χ0v) is 15.9.